The number of β-lactam (4-membered cyclic amide) rings is 1. The lowest BCUT2D eigenvalue weighted by Gasteiger charge is -2.49. The van der Waals surface area contributed by atoms with Crippen LogP contribution in [0.5, 0.6) is 0 Å². The van der Waals surface area contributed by atoms with Gasteiger partial charge in [0.05, 0.1) is 0 Å². The van der Waals surface area contributed by atoms with Gasteiger partial charge in [-0.15, -0.1) is 11.8 Å². The molecule has 0 aromatic carbocycles. The van der Waals surface area contributed by atoms with Crippen molar-refractivity contribution in [2.24, 2.45) is 5.16 Å². The second-order valence-electron chi connectivity index (χ2n) is 7.70. The number of ether oxygens (including phenoxy) is 1. The summed E-state index contributed by atoms with van der Waals surface area (Å²) in [6.45, 7) is 3.29. The fraction of sp³-hybridized carbons (Fsp3) is 0.444. The van der Waals surface area contributed by atoms with Gasteiger partial charge in [0.1, 0.15) is 23.7 Å². The fourth-order valence-corrected chi connectivity index (χ4v) is 4.67. The van der Waals surface area contributed by atoms with Crippen LogP contribution in [-0.2, 0) is 33.5 Å². The predicted octanol–water partition coefficient (Wildman–Crippen LogP) is -0.994. The van der Waals surface area contributed by atoms with E-state index in [0.717, 1.165) is 28.2 Å². The lowest BCUT2D eigenvalue weighted by Crippen LogP contribution is -2.71. The van der Waals surface area contributed by atoms with E-state index >= 15 is 0 Å². The van der Waals surface area contributed by atoms with Gasteiger partial charge in [0.15, 0.2) is 5.13 Å². The highest BCUT2D eigenvalue weighted by Crippen LogP contribution is 2.40. The summed E-state index contributed by atoms with van der Waals surface area (Å²) in [5.74, 6) is -5.14. The Morgan fingerprint density at radius 2 is 2.00 bits per heavy atom. The molecule has 17 heteroatoms. The summed E-state index contributed by atoms with van der Waals surface area (Å²) >= 11 is 1.92. The Labute approximate surface area is 205 Å². The first-order valence-electron chi connectivity index (χ1n) is 9.76. The standard InChI is InChI=1S/C18H20N6O9S2/c1-6(25)32-4-7-5-34-14-9(13(27)24(14)10(7)15(28)29)20-12(26)8(11-21-17(19)35-23-11)22-33-18(2,3)16(30)31/h9,14H,4-5H2,1-3H3,(H,20,26)(H,28,29)(H,30,31)(H2,19,21,23)/t9?,14-/m0/s1. The number of oxime groups is 1. The van der Waals surface area contributed by atoms with Gasteiger partial charge < -0.3 is 30.8 Å². The van der Waals surface area contributed by atoms with Crippen LogP contribution in [0.2, 0.25) is 0 Å². The van der Waals surface area contributed by atoms with E-state index in [-0.39, 0.29) is 34.6 Å². The zero-order valence-electron chi connectivity index (χ0n) is 18.5. The molecular formula is C18H20N6O9S2. The van der Waals surface area contributed by atoms with Crippen molar-refractivity contribution in [1.82, 2.24) is 19.6 Å². The van der Waals surface area contributed by atoms with Gasteiger partial charge >= 0.3 is 17.9 Å². The van der Waals surface area contributed by atoms with Gasteiger partial charge in [0.2, 0.25) is 17.1 Å². The van der Waals surface area contributed by atoms with Crippen molar-refractivity contribution in [2.75, 3.05) is 18.1 Å². The number of hydrogen-bond acceptors (Lipinski definition) is 13. The summed E-state index contributed by atoms with van der Waals surface area (Å²) in [6.07, 6.45) is 0. The molecule has 188 valence electrons. The molecule has 15 nitrogen and oxygen atoms in total. The first kappa shape index (κ1) is 25.9. The SMILES string of the molecule is CC(=O)OCC1=C(C(=O)O)N2C(=O)C(NC(=O)C(=NOC(C)(C)C(=O)O)c3nsc(N)n3)[C@@H]2SC1. The highest BCUT2D eigenvalue weighted by atomic mass is 32.2. The van der Waals surface area contributed by atoms with Gasteiger partial charge in [-0.3, -0.25) is 19.3 Å². The second-order valence-corrected chi connectivity index (χ2v) is 9.59. The summed E-state index contributed by atoms with van der Waals surface area (Å²) in [4.78, 5) is 69.8. The van der Waals surface area contributed by atoms with Crippen LogP contribution in [0.15, 0.2) is 16.4 Å². The van der Waals surface area contributed by atoms with Crippen LogP contribution in [0.25, 0.3) is 0 Å². The Hall–Kier alpha value is -3.73. The lowest BCUT2D eigenvalue weighted by molar-refractivity contribution is -0.161. The quantitative estimate of drug-likeness (QED) is 0.131. The van der Waals surface area contributed by atoms with Crippen LogP contribution < -0.4 is 11.1 Å². The first-order valence-corrected chi connectivity index (χ1v) is 11.6. The zero-order chi connectivity index (χ0) is 26.1. The number of aliphatic carboxylic acids is 2. The summed E-state index contributed by atoms with van der Waals surface area (Å²) in [5.41, 5.74) is 3.16. The van der Waals surface area contributed by atoms with Crippen molar-refractivity contribution >= 4 is 63.9 Å². The van der Waals surface area contributed by atoms with E-state index in [1.165, 1.54) is 20.8 Å². The third kappa shape index (κ3) is 5.35. The van der Waals surface area contributed by atoms with Crippen molar-refractivity contribution in [3.63, 3.8) is 0 Å². The monoisotopic (exact) mass is 528 g/mol. The maximum Gasteiger partial charge on any atom is 0.352 e. The summed E-state index contributed by atoms with van der Waals surface area (Å²) in [6, 6.07) is -1.13. The minimum atomic E-state index is -1.80. The number of anilines is 1. The molecule has 5 N–H and O–H groups in total. The van der Waals surface area contributed by atoms with E-state index in [1.807, 2.05) is 0 Å². The predicted molar refractivity (Wildman–Crippen MR) is 120 cm³/mol. The zero-order valence-corrected chi connectivity index (χ0v) is 20.1. The van der Waals surface area contributed by atoms with E-state index in [4.69, 9.17) is 15.3 Å². The molecule has 2 aliphatic rings. The number of fused-ring (bicyclic) bond motifs is 1. The molecular weight excluding hydrogens is 508 g/mol. The van der Waals surface area contributed by atoms with Crippen LogP contribution >= 0.6 is 23.3 Å². The molecule has 2 aliphatic heterocycles. The molecule has 35 heavy (non-hydrogen) atoms. The molecule has 1 fully saturated rings. The molecule has 1 aromatic heterocycles. The molecule has 3 rings (SSSR count). The van der Waals surface area contributed by atoms with Crippen LogP contribution in [0, 0.1) is 0 Å². The van der Waals surface area contributed by atoms with Crippen molar-refractivity contribution in [2.45, 2.75) is 37.8 Å². The number of carboxylic acid groups (broad SMARTS) is 2. The van der Waals surface area contributed by atoms with Gasteiger partial charge in [-0.1, -0.05) is 5.16 Å². The number of rotatable bonds is 9. The number of aromatic nitrogens is 2. The van der Waals surface area contributed by atoms with Crippen LogP contribution in [0.1, 0.15) is 26.6 Å². The van der Waals surface area contributed by atoms with Gasteiger partial charge in [-0.25, -0.2) is 9.59 Å². The number of carboxylic acids is 2. The van der Waals surface area contributed by atoms with Gasteiger partial charge in [0.25, 0.3) is 11.8 Å². The number of nitrogens with one attached hydrogen (secondary N) is 1. The number of esters is 1. The van der Waals surface area contributed by atoms with Crippen LogP contribution in [-0.4, -0.2) is 89.3 Å². The second kappa shape index (κ2) is 9.87. The van der Waals surface area contributed by atoms with Crippen molar-refractivity contribution < 1.29 is 43.8 Å². The van der Waals surface area contributed by atoms with Gasteiger partial charge in [-0.2, -0.15) is 9.36 Å². The largest absolute Gasteiger partial charge is 0.478 e. The minimum absolute atomic E-state index is 0.00303. The highest BCUT2D eigenvalue weighted by Gasteiger charge is 2.54. The average Bonchev–Trinajstić information content (AvgIpc) is 3.20. The van der Waals surface area contributed by atoms with Gasteiger partial charge in [-0.05, 0) is 13.8 Å². The molecule has 2 amide bonds. The number of carbonyl (C=O) groups excluding carboxylic acids is 3. The number of carbonyl (C=O) groups is 5. The molecule has 0 saturated carbocycles. The summed E-state index contributed by atoms with van der Waals surface area (Å²) in [5, 5.41) is 24.1. The number of thioether (sulfide) groups is 1. The third-order valence-electron chi connectivity index (χ3n) is 4.73. The number of nitrogens with zero attached hydrogens (tertiary/aromatic N) is 4. The summed E-state index contributed by atoms with van der Waals surface area (Å²) < 4.78 is 8.75. The maximum atomic E-state index is 13.0. The molecule has 0 radical (unpaired) electrons. The normalized spacial score (nSPS) is 20.0. The number of nitrogen functional groups attached to an aromatic ring is 1. The Kier molecular flexibility index (Phi) is 7.30. The molecule has 1 aromatic rings. The molecule has 1 unspecified atom stereocenters. The third-order valence-corrected chi connectivity index (χ3v) is 6.62. The van der Waals surface area contributed by atoms with E-state index in [2.05, 4.69) is 19.8 Å². The number of nitrogens with two attached hydrogens (primary N) is 1. The topological polar surface area (TPSA) is 224 Å². The number of amides is 2. The van der Waals surface area contributed by atoms with Crippen LogP contribution in [0.3, 0.4) is 0 Å². The molecule has 0 bridgehead atoms. The Balaban J connectivity index is 1.82. The molecule has 3 heterocycles. The lowest BCUT2D eigenvalue weighted by atomic mass is 10.0. The molecule has 1 saturated heterocycles. The summed E-state index contributed by atoms with van der Waals surface area (Å²) in [7, 11) is 0. The Morgan fingerprint density at radius 3 is 2.54 bits per heavy atom. The smallest absolute Gasteiger partial charge is 0.352 e. The van der Waals surface area contributed by atoms with Crippen molar-refractivity contribution in [1.29, 1.82) is 0 Å². The van der Waals surface area contributed by atoms with Crippen molar-refractivity contribution in [3.8, 4) is 0 Å². The highest BCUT2D eigenvalue weighted by molar-refractivity contribution is 8.00. The van der Waals surface area contributed by atoms with Gasteiger partial charge in [0, 0.05) is 29.8 Å². The van der Waals surface area contributed by atoms with E-state index in [9.17, 15) is 34.2 Å². The van der Waals surface area contributed by atoms with Crippen molar-refractivity contribution in [3.05, 3.63) is 17.1 Å². The average molecular weight is 529 g/mol. The molecule has 0 spiro atoms. The first-order chi connectivity index (χ1) is 16.3. The minimum Gasteiger partial charge on any atom is -0.478 e. The molecule has 2 atom stereocenters. The Bertz CT molecular complexity index is 1160. The fourth-order valence-electron chi connectivity index (χ4n) is 2.91. The van der Waals surface area contributed by atoms with E-state index in [0.29, 0.717) is 0 Å². The Morgan fingerprint density at radius 1 is 1.31 bits per heavy atom. The number of hydrogen-bond donors (Lipinski definition) is 4. The maximum absolute atomic E-state index is 13.0. The van der Waals surface area contributed by atoms with E-state index < -0.39 is 52.5 Å². The van der Waals surface area contributed by atoms with E-state index in [1.54, 1.807) is 0 Å². The van der Waals surface area contributed by atoms with Crippen LogP contribution in [0.4, 0.5) is 5.13 Å². The molecule has 0 aliphatic carbocycles.